The third kappa shape index (κ3) is 2.88. The van der Waals surface area contributed by atoms with Crippen LogP contribution in [0.15, 0.2) is 28.8 Å². The molecule has 0 amide bonds. The van der Waals surface area contributed by atoms with E-state index in [9.17, 15) is 4.39 Å². The highest BCUT2D eigenvalue weighted by Crippen LogP contribution is 2.17. The van der Waals surface area contributed by atoms with E-state index in [1.165, 1.54) is 12.1 Å². The van der Waals surface area contributed by atoms with E-state index in [1.54, 1.807) is 12.1 Å². The van der Waals surface area contributed by atoms with E-state index >= 15 is 0 Å². The molecule has 0 aliphatic rings. The Bertz CT molecular complexity index is 481. The van der Waals surface area contributed by atoms with E-state index < -0.39 is 0 Å². The minimum Gasteiger partial charge on any atom is -0.334 e. The smallest absolute Gasteiger partial charge is 0.257 e. The molecule has 2 aromatic rings. The number of benzene rings is 1. The van der Waals surface area contributed by atoms with Crippen LogP contribution in [-0.2, 0) is 6.42 Å². The van der Waals surface area contributed by atoms with Crippen molar-refractivity contribution in [1.29, 1.82) is 0 Å². The third-order valence-electron chi connectivity index (χ3n) is 2.53. The molecule has 0 aliphatic carbocycles. The Balaban J connectivity index is 2.15. The van der Waals surface area contributed by atoms with E-state index in [2.05, 4.69) is 10.1 Å². The molecule has 1 heterocycles. The first-order valence-corrected chi connectivity index (χ1v) is 5.53. The molecule has 4 nitrogen and oxygen atoms in total. The lowest BCUT2D eigenvalue weighted by Crippen LogP contribution is -2.21. The van der Waals surface area contributed by atoms with Crippen LogP contribution in [0.25, 0.3) is 11.5 Å². The summed E-state index contributed by atoms with van der Waals surface area (Å²) in [4.78, 5) is 4.22. The van der Waals surface area contributed by atoms with Crippen LogP contribution in [-0.4, -0.2) is 16.2 Å². The zero-order valence-corrected chi connectivity index (χ0v) is 9.56. The summed E-state index contributed by atoms with van der Waals surface area (Å²) in [7, 11) is 0. The second-order valence-electron chi connectivity index (χ2n) is 3.90. The Morgan fingerprint density at radius 2 is 2.06 bits per heavy atom. The molecule has 90 valence electrons. The minimum atomic E-state index is -0.290. The first-order chi connectivity index (χ1) is 8.19. The van der Waals surface area contributed by atoms with E-state index in [0.29, 0.717) is 23.7 Å². The lowest BCUT2D eigenvalue weighted by Gasteiger charge is -2.02. The zero-order chi connectivity index (χ0) is 12.3. The maximum atomic E-state index is 12.7. The normalized spacial score (nSPS) is 12.6. The van der Waals surface area contributed by atoms with Gasteiger partial charge in [0.1, 0.15) is 5.82 Å². The topological polar surface area (TPSA) is 64.9 Å². The molecule has 0 radical (unpaired) electrons. The van der Waals surface area contributed by atoms with E-state index in [4.69, 9.17) is 10.3 Å². The standard InChI is InChI=1S/C12H14FN3O/c1-2-10(14)7-11-15-12(17-16-11)8-3-5-9(13)6-4-8/h3-6,10H,2,7,14H2,1H3. The van der Waals surface area contributed by atoms with Gasteiger partial charge in [0.05, 0.1) is 0 Å². The maximum Gasteiger partial charge on any atom is 0.257 e. The monoisotopic (exact) mass is 235 g/mol. The van der Waals surface area contributed by atoms with Crippen LogP contribution in [0.1, 0.15) is 19.2 Å². The van der Waals surface area contributed by atoms with E-state index in [-0.39, 0.29) is 11.9 Å². The van der Waals surface area contributed by atoms with Crippen LogP contribution in [0.2, 0.25) is 0 Å². The summed E-state index contributed by atoms with van der Waals surface area (Å²) in [6.45, 7) is 2.01. The first-order valence-electron chi connectivity index (χ1n) is 5.53. The van der Waals surface area contributed by atoms with Gasteiger partial charge in [-0.15, -0.1) is 0 Å². The van der Waals surface area contributed by atoms with Gasteiger partial charge in [-0.2, -0.15) is 4.98 Å². The highest BCUT2D eigenvalue weighted by molar-refractivity contribution is 5.52. The molecule has 2 N–H and O–H groups in total. The number of hydrogen-bond donors (Lipinski definition) is 1. The highest BCUT2D eigenvalue weighted by atomic mass is 19.1. The molecule has 1 aromatic heterocycles. The lowest BCUT2D eigenvalue weighted by atomic mass is 10.1. The Labute approximate surface area is 98.6 Å². The van der Waals surface area contributed by atoms with Crippen LogP contribution in [0.4, 0.5) is 4.39 Å². The van der Waals surface area contributed by atoms with Gasteiger partial charge in [-0.1, -0.05) is 12.1 Å². The van der Waals surface area contributed by atoms with Crippen LogP contribution in [0.3, 0.4) is 0 Å². The molecular weight excluding hydrogens is 221 g/mol. The maximum absolute atomic E-state index is 12.7. The Morgan fingerprint density at radius 3 is 2.71 bits per heavy atom. The lowest BCUT2D eigenvalue weighted by molar-refractivity contribution is 0.419. The average Bonchev–Trinajstić information content (AvgIpc) is 2.78. The van der Waals surface area contributed by atoms with Crippen molar-refractivity contribution >= 4 is 0 Å². The van der Waals surface area contributed by atoms with Crippen molar-refractivity contribution in [2.24, 2.45) is 5.73 Å². The molecule has 1 atom stereocenters. The quantitative estimate of drug-likeness (QED) is 0.881. The molecule has 0 saturated carbocycles. The largest absolute Gasteiger partial charge is 0.334 e. The van der Waals surface area contributed by atoms with Gasteiger partial charge in [0.2, 0.25) is 0 Å². The van der Waals surface area contributed by atoms with Gasteiger partial charge < -0.3 is 10.3 Å². The summed E-state index contributed by atoms with van der Waals surface area (Å²) in [6.07, 6.45) is 1.45. The van der Waals surface area contributed by atoms with Crippen LogP contribution in [0, 0.1) is 5.82 Å². The molecule has 5 heteroatoms. The van der Waals surface area contributed by atoms with Gasteiger partial charge in [0, 0.05) is 18.0 Å². The molecule has 0 bridgehead atoms. The van der Waals surface area contributed by atoms with Crippen molar-refractivity contribution in [3.63, 3.8) is 0 Å². The Morgan fingerprint density at radius 1 is 1.35 bits per heavy atom. The second-order valence-corrected chi connectivity index (χ2v) is 3.90. The van der Waals surface area contributed by atoms with E-state index in [1.807, 2.05) is 6.92 Å². The number of hydrogen-bond acceptors (Lipinski definition) is 4. The zero-order valence-electron chi connectivity index (χ0n) is 9.56. The summed E-state index contributed by atoms with van der Waals surface area (Å²) < 4.78 is 17.8. The van der Waals surface area contributed by atoms with Crippen molar-refractivity contribution in [3.8, 4) is 11.5 Å². The molecule has 0 aliphatic heterocycles. The summed E-state index contributed by atoms with van der Waals surface area (Å²) in [5.41, 5.74) is 6.51. The number of aromatic nitrogens is 2. The molecule has 1 aromatic carbocycles. The molecule has 2 rings (SSSR count). The van der Waals surface area contributed by atoms with Crippen molar-refractivity contribution in [2.75, 3.05) is 0 Å². The van der Waals surface area contributed by atoms with Crippen LogP contribution < -0.4 is 5.73 Å². The summed E-state index contributed by atoms with van der Waals surface area (Å²) in [6, 6.07) is 5.96. The number of nitrogens with two attached hydrogens (primary N) is 1. The summed E-state index contributed by atoms with van der Waals surface area (Å²) in [5.74, 6) is 0.684. The second kappa shape index (κ2) is 5.05. The van der Waals surface area contributed by atoms with Crippen molar-refractivity contribution in [3.05, 3.63) is 35.9 Å². The highest BCUT2D eigenvalue weighted by Gasteiger charge is 2.11. The van der Waals surface area contributed by atoms with Crippen LogP contribution in [0.5, 0.6) is 0 Å². The SMILES string of the molecule is CCC(N)Cc1noc(-c2ccc(F)cc2)n1. The van der Waals surface area contributed by atoms with Gasteiger partial charge in [-0.25, -0.2) is 4.39 Å². The van der Waals surface area contributed by atoms with Crippen molar-refractivity contribution < 1.29 is 8.91 Å². The third-order valence-corrected chi connectivity index (χ3v) is 2.53. The predicted octanol–water partition coefficient (Wildman–Crippen LogP) is 2.16. The number of halogens is 1. The summed E-state index contributed by atoms with van der Waals surface area (Å²) in [5, 5.41) is 3.84. The van der Waals surface area contributed by atoms with Crippen LogP contribution >= 0.6 is 0 Å². The van der Waals surface area contributed by atoms with Gasteiger partial charge in [-0.05, 0) is 30.7 Å². The number of rotatable bonds is 4. The molecule has 0 spiro atoms. The van der Waals surface area contributed by atoms with E-state index in [0.717, 1.165) is 6.42 Å². The van der Waals surface area contributed by atoms with Crippen molar-refractivity contribution in [1.82, 2.24) is 10.1 Å². The van der Waals surface area contributed by atoms with Gasteiger partial charge in [0.15, 0.2) is 5.82 Å². The predicted molar refractivity (Wildman–Crippen MR) is 61.7 cm³/mol. The summed E-state index contributed by atoms with van der Waals surface area (Å²) >= 11 is 0. The fourth-order valence-corrected chi connectivity index (χ4v) is 1.43. The molecule has 1 unspecified atom stereocenters. The van der Waals surface area contributed by atoms with Gasteiger partial charge in [0.25, 0.3) is 5.89 Å². The number of nitrogens with zero attached hydrogens (tertiary/aromatic N) is 2. The first kappa shape index (κ1) is 11.7. The minimum absolute atomic E-state index is 0.0358. The van der Waals surface area contributed by atoms with Gasteiger partial charge in [-0.3, -0.25) is 0 Å². The average molecular weight is 235 g/mol. The fourth-order valence-electron chi connectivity index (χ4n) is 1.43. The molecule has 0 fully saturated rings. The van der Waals surface area contributed by atoms with Crippen molar-refractivity contribution in [2.45, 2.75) is 25.8 Å². The Hall–Kier alpha value is -1.75. The molecule has 0 saturated heterocycles. The molecular formula is C12H14FN3O. The fraction of sp³-hybridized carbons (Fsp3) is 0.333. The molecule has 17 heavy (non-hydrogen) atoms. The van der Waals surface area contributed by atoms with Gasteiger partial charge >= 0.3 is 0 Å². The Kier molecular flexibility index (Phi) is 3.49.